The zero-order chi connectivity index (χ0) is 5.98. The molecule has 0 fully saturated rings. The summed E-state index contributed by atoms with van der Waals surface area (Å²) in [6.07, 6.45) is 2.11. The van der Waals surface area contributed by atoms with Crippen molar-refractivity contribution in [3.05, 3.63) is 16.3 Å². The molecule has 0 saturated heterocycles. The molecular weight excluding hydrogens is 136 g/mol. The van der Waals surface area contributed by atoms with Gasteiger partial charge >= 0.3 is 0 Å². The van der Waals surface area contributed by atoms with Gasteiger partial charge in [0, 0.05) is 9.77 Å². The molecular formula is C6H8S2. The van der Waals surface area contributed by atoms with E-state index in [2.05, 4.69) is 24.6 Å². The maximum atomic E-state index is 2.16. The fraction of sp³-hybridized carbons (Fsp3) is 0.333. The fourth-order valence-electron chi connectivity index (χ4n) is 0.585. The average molecular weight is 144 g/mol. The van der Waals surface area contributed by atoms with Gasteiger partial charge in [-0.2, -0.15) is 0 Å². The van der Waals surface area contributed by atoms with Gasteiger partial charge in [-0.3, -0.25) is 0 Å². The van der Waals surface area contributed by atoms with Crippen molar-refractivity contribution in [2.45, 2.75) is 11.8 Å². The van der Waals surface area contributed by atoms with Gasteiger partial charge in [-0.15, -0.1) is 23.1 Å². The van der Waals surface area contributed by atoms with Gasteiger partial charge < -0.3 is 0 Å². The molecule has 0 nitrogen and oxygen atoms in total. The van der Waals surface area contributed by atoms with Crippen LogP contribution in [0.15, 0.2) is 16.3 Å². The van der Waals surface area contributed by atoms with Crippen LogP contribution in [0.4, 0.5) is 0 Å². The monoisotopic (exact) mass is 144 g/mol. The lowest BCUT2D eigenvalue weighted by atomic mass is 10.5. The number of aryl methyl sites for hydroxylation is 1. The number of thiophene rings is 1. The highest BCUT2D eigenvalue weighted by Gasteiger charge is 1.93. The highest BCUT2D eigenvalue weighted by Crippen LogP contribution is 2.23. The standard InChI is InChI=1S/C6H8S2/c1-5-6(7-2)3-4-8-5/h3-4H,1-2H3. The fourth-order valence-corrected chi connectivity index (χ4v) is 2.15. The zero-order valence-electron chi connectivity index (χ0n) is 4.97. The molecule has 0 aliphatic heterocycles. The second kappa shape index (κ2) is 2.55. The number of rotatable bonds is 1. The molecule has 0 spiro atoms. The van der Waals surface area contributed by atoms with Crippen LogP contribution in [-0.4, -0.2) is 6.26 Å². The van der Waals surface area contributed by atoms with Crippen molar-refractivity contribution >= 4 is 23.1 Å². The van der Waals surface area contributed by atoms with E-state index in [9.17, 15) is 0 Å². The van der Waals surface area contributed by atoms with Crippen LogP contribution < -0.4 is 0 Å². The first kappa shape index (κ1) is 6.17. The molecule has 8 heavy (non-hydrogen) atoms. The lowest BCUT2D eigenvalue weighted by molar-refractivity contribution is 1.43. The highest BCUT2D eigenvalue weighted by atomic mass is 32.2. The van der Waals surface area contributed by atoms with Crippen molar-refractivity contribution < 1.29 is 0 Å². The van der Waals surface area contributed by atoms with E-state index in [1.165, 1.54) is 9.77 Å². The Morgan fingerprint density at radius 1 is 1.62 bits per heavy atom. The molecule has 0 atom stereocenters. The van der Waals surface area contributed by atoms with Crippen LogP contribution in [0.1, 0.15) is 4.88 Å². The van der Waals surface area contributed by atoms with Crippen LogP contribution >= 0.6 is 23.1 Å². The summed E-state index contributed by atoms with van der Waals surface area (Å²) in [5.41, 5.74) is 0. The van der Waals surface area contributed by atoms with Crippen molar-refractivity contribution in [1.29, 1.82) is 0 Å². The maximum absolute atomic E-state index is 2.16. The van der Waals surface area contributed by atoms with E-state index < -0.39 is 0 Å². The molecule has 0 aromatic carbocycles. The highest BCUT2D eigenvalue weighted by molar-refractivity contribution is 7.98. The van der Waals surface area contributed by atoms with Gasteiger partial charge in [0.2, 0.25) is 0 Å². The molecule has 44 valence electrons. The first-order valence-corrected chi connectivity index (χ1v) is 4.53. The van der Waals surface area contributed by atoms with Crippen molar-refractivity contribution in [2.24, 2.45) is 0 Å². The van der Waals surface area contributed by atoms with E-state index in [0.29, 0.717) is 0 Å². The topological polar surface area (TPSA) is 0 Å². The number of hydrogen-bond donors (Lipinski definition) is 0. The van der Waals surface area contributed by atoms with E-state index in [1.807, 2.05) is 23.1 Å². The molecule has 1 heterocycles. The SMILES string of the molecule is CSc1ccsc1C. The van der Waals surface area contributed by atoms with Gasteiger partial charge in [-0.25, -0.2) is 0 Å². The average Bonchev–Trinajstić information content (AvgIpc) is 2.14. The van der Waals surface area contributed by atoms with Gasteiger partial charge in [-0.1, -0.05) is 0 Å². The van der Waals surface area contributed by atoms with Crippen molar-refractivity contribution in [1.82, 2.24) is 0 Å². The lowest BCUT2D eigenvalue weighted by Crippen LogP contribution is -1.61. The first-order chi connectivity index (χ1) is 3.84. The normalized spacial score (nSPS) is 9.75. The quantitative estimate of drug-likeness (QED) is 0.546. The predicted molar refractivity (Wildman–Crippen MR) is 40.8 cm³/mol. The smallest absolute Gasteiger partial charge is 0.0205 e. The molecule has 0 radical (unpaired) electrons. The third-order valence-electron chi connectivity index (χ3n) is 1.03. The second-order valence-corrected chi connectivity index (χ2v) is 3.51. The van der Waals surface area contributed by atoms with E-state index in [-0.39, 0.29) is 0 Å². The summed E-state index contributed by atoms with van der Waals surface area (Å²) in [5.74, 6) is 0. The van der Waals surface area contributed by atoms with Crippen LogP contribution in [0.5, 0.6) is 0 Å². The molecule has 1 rings (SSSR count). The molecule has 0 bridgehead atoms. The summed E-state index contributed by atoms with van der Waals surface area (Å²) in [6.45, 7) is 2.15. The molecule has 0 amide bonds. The summed E-state index contributed by atoms with van der Waals surface area (Å²) in [4.78, 5) is 2.84. The lowest BCUT2D eigenvalue weighted by Gasteiger charge is -1.87. The summed E-state index contributed by atoms with van der Waals surface area (Å²) >= 11 is 3.62. The second-order valence-electron chi connectivity index (χ2n) is 1.55. The Morgan fingerprint density at radius 2 is 2.38 bits per heavy atom. The maximum Gasteiger partial charge on any atom is 0.0205 e. The summed E-state index contributed by atoms with van der Waals surface area (Å²) < 4.78 is 0. The molecule has 1 aromatic heterocycles. The third-order valence-corrected chi connectivity index (χ3v) is 2.89. The van der Waals surface area contributed by atoms with Crippen LogP contribution in [0.25, 0.3) is 0 Å². The largest absolute Gasteiger partial charge is 0.148 e. The molecule has 0 aliphatic carbocycles. The third kappa shape index (κ3) is 1.06. The predicted octanol–water partition coefficient (Wildman–Crippen LogP) is 2.78. The van der Waals surface area contributed by atoms with Gasteiger partial charge in [0.25, 0.3) is 0 Å². The number of hydrogen-bond acceptors (Lipinski definition) is 2. The van der Waals surface area contributed by atoms with Gasteiger partial charge in [0.15, 0.2) is 0 Å². The minimum Gasteiger partial charge on any atom is -0.148 e. The van der Waals surface area contributed by atoms with Crippen LogP contribution in [0.2, 0.25) is 0 Å². The Labute approximate surface area is 57.9 Å². The van der Waals surface area contributed by atoms with Crippen LogP contribution in [0.3, 0.4) is 0 Å². The zero-order valence-corrected chi connectivity index (χ0v) is 6.60. The Kier molecular flexibility index (Phi) is 1.97. The van der Waals surface area contributed by atoms with Crippen molar-refractivity contribution in [3.63, 3.8) is 0 Å². The Balaban J connectivity index is 2.92. The Morgan fingerprint density at radius 3 is 2.62 bits per heavy atom. The molecule has 1 aromatic rings. The van der Waals surface area contributed by atoms with E-state index in [4.69, 9.17) is 0 Å². The van der Waals surface area contributed by atoms with E-state index in [1.54, 1.807) is 0 Å². The first-order valence-electron chi connectivity index (χ1n) is 2.42. The van der Waals surface area contributed by atoms with Gasteiger partial charge in [-0.05, 0) is 24.6 Å². The minimum absolute atomic E-state index is 1.41. The minimum atomic E-state index is 1.41. The van der Waals surface area contributed by atoms with Crippen molar-refractivity contribution in [3.8, 4) is 0 Å². The van der Waals surface area contributed by atoms with Crippen molar-refractivity contribution in [2.75, 3.05) is 6.26 Å². The van der Waals surface area contributed by atoms with Gasteiger partial charge in [0.05, 0.1) is 0 Å². The molecule has 0 unspecified atom stereocenters. The summed E-state index contributed by atoms with van der Waals surface area (Å²) in [6, 6.07) is 2.16. The van der Waals surface area contributed by atoms with E-state index in [0.717, 1.165) is 0 Å². The van der Waals surface area contributed by atoms with Crippen LogP contribution in [-0.2, 0) is 0 Å². The Bertz CT molecular complexity index is 167. The van der Waals surface area contributed by atoms with E-state index >= 15 is 0 Å². The summed E-state index contributed by atoms with van der Waals surface area (Å²) in [7, 11) is 0. The molecule has 0 aliphatic rings. The van der Waals surface area contributed by atoms with Gasteiger partial charge in [0.1, 0.15) is 0 Å². The van der Waals surface area contributed by atoms with Crippen LogP contribution in [0, 0.1) is 6.92 Å². The molecule has 0 saturated carbocycles. The molecule has 2 heteroatoms. The molecule has 0 N–H and O–H groups in total. The Hall–Kier alpha value is 0.0500. The summed E-state index contributed by atoms with van der Waals surface area (Å²) in [5, 5.41) is 2.13. The number of thioether (sulfide) groups is 1.